The number of hydrogen-bond donors (Lipinski definition) is 1. The standard InChI is InChI=1S/C20H19N5O2/c1-27-13-25-17-10-20(14-4-2-8-22-11-14,15-5-3-9-23-12-15)7-6-16(17)18(24-25)19(21)26/h2-9,11-12H,10,13H2,1H3,(H2,21,26). The van der Waals surface area contributed by atoms with Gasteiger partial charge in [0.2, 0.25) is 0 Å². The fourth-order valence-electron chi connectivity index (χ4n) is 3.65. The van der Waals surface area contributed by atoms with Crippen LogP contribution in [0.4, 0.5) is 0 Å². The molecule has 2 N–H and O–H groups in total. The Balaban J connectivity index is 1.93. The summed E-state index contributed by atoms with van der Waals surface area (Å²) >= 11 is 0. The number of hydrogen-bond acceptors (Lipinski definition) is 5. The van der Waals surface area contributed by atoms with Gasteiger partial charge in [-0.05, 0) is 23.3 Å². The van der Waals surface area contributed by atoms with Crippen LogP contribution in [0.25, 0.3) is 6.08 Å². The Bertz CT molecular complexity index is 956. The zero-order valence-electron chi connectivity index (χ0n) is 14.9. The second-order valence-electron chi connectivity index (χ2n) is 6.46. The Morgan fingerprint density at radius 2 is 1.89 bits per heavy atom. The molecule has 0 saturated carbocycles. The third kappa shape index (κ3) is 2.82. The number of aromatic nitrogens is 4. The number of allylic oxidation sites excluding steroid dienone is 1. The van der Waals surface area contributed by atoms with E-state index >= 15 is 0 Å². The van der Waals surface area contributed by atoms with Crippen LogP contribution in [0.5, 0.6) is 0 Å². The summed E-state index contributed by atoms with van der Waals surface area (Å²) in [5, 5.41) is 4.37. The Hall–Kier alpha value is -3.32. The van der Waals surface area contributed by atoms with E-state index in [2.05, 4.69) is 21.1 Å². The van der Waals surface area contributed by atoms with Crippen molar-refractivity contribution in [2.45, 2.75) is 18.6 Å². The molecule has 0 bridgehead atoms. The van der Waals surface area contributed by atoms with Crippen molar-refractivity contribution in [3.63, 3.8) is 0 Å². The molecule has 0 spiro atoms. The fourth-order valence-corrected chi connectivity index (χ4v) is 3.65. The molecule has 3 aromatic rings. The van der Waals surface area contributed by atoms with Gasteiger partial charge in [0, 0.05) is 49.3 Å². The Morgan fingerprint density at radius 3 is 2.41 bits per heavy atom. The van der Waals surface area contributed by atoms with Gasteiger partial charge in [-0.3, -0.25) is 14.8 Å². The van der Waals surface area contributed by atoms with Gasteiger partial charge in [0.25, 0.3) is 5.91 Å². The van der Waals surface area contributed by atoms with E-state index in [4.69, 9.17) is 10.5 Å². The van der Waals surface area contributed by atoms with Crippen molar-refractivity contribution in [1.82, 2.24) is 19.7 Å². The molecule has 0 radical (unpaired) electrons. The minimum absolute atomic E-state index is 0.236. The molecule has 27 heavy (non-hydrogen) atoms. The SMILES string of the molecule is COCn1nc(C(N)=O)c2c1CC(c1cccnc1)(c1cccnc1)C=C2. The summed E-state index contributed by atoms with van der Waals surface area (Å²) in [5.74, 6) is -0.555. The maximum Gasteiger partial charge on any atom is 0.269 e. The van der Waals surface area contributed by atoms with Crippen LogP contribution in [0.1, 0.15) is 32.9 Å². The number of primary amides is 1. The van der Waals surface area contributed by atoms with E-state index < -0.39 is 11.3 Å². The number of amides is 1. The molecule has 1 aliphatic carbocycles. The van der Waals surface area contributed by atoms with Gasteiger partial charge >= 0.3 is 0 Å². The van der Waals surface area contributed by atoms with Crippen LogP contribution in [0.3, 0.4) is 0 Å². The maximum atomic E-state index is 11.8. The zero-order valence-corrected chi connectivity index (χ0v) is 14.9. The molecule has 0 fully saturated rings. The summed E-state index contributed by atoms with van der Waals surface area (Å²) in [6.45, 7) is 0.236. The number of nitrogens with zero attached hydrogens (tertiary/aromatic N) is 4. The van der Waals surface area contributed by atoms with Gasteiger partial charge in [-0.15, -0.1) is 0 Å². The number of nitrogens with two attached hydrogens (primary N) is 1. The van der Waals surface area contributed by atoms with Gasteiger partial charge in [-0.25, -0.2) is 4.68 Å². The maximum absolute atomic E-state index is 11.8. The van der Waals surface area contributed by atoms with Gasteiger partial charge in [0.15, 0.2) is 5.69 Å². The molecule has 3 heterocycles. The number of carbonyl (C=O) groups excluding carboxylic acids is 1. The molecule has 7 nitrogen and oxygen atoms in total. The van der Waals surface area contributed by atoms with Crippen molar-refractivity contribution in [2.24, 2.45) is 5.73 Å². The summed E-state index contributed by atoms with van der Waals surface area (Å²) in [4.78, 5) is 20.4. The molecule has 0 aromatic carbocycles. The quantitative estimate of drug-likeness (QED) is 0.749. The van der Waals surface area contributed by atoms with E-state index in [1.807, 2.05) is 42.7 Å². The highest BCUT2D eigenvalue weighted by Gasteiger charge is 2.38. The topological polar surface area (TPSA) is 95.9 Å². The first-order chi connectivity index (χ1) is 13.2. The first-order valence-electron chi connectivity index (χ1n) is 8.54. The van der Waals surface area contributed by atoms with E-state index in [-0.39, 0.29) is 12.4 Å². The lowest BCUT2D eigenvalue weighted by Gasteiger charge is -2.34. The van der Waals surface area contributed by atoms with Crippen LogP contribution in [-0.4, -0.2) is 32.8 Å². The van der Waals surface area contributed by atoms with Crippen molar-refractivity contribution < 1.29 is 9.53 Å². The second-order valence-corrected chi connectivity index (χ2v) is 6.46. The number of fused-ring (bicyclic) bond motifs is 1. The summed E-state index contributed by atoms with van der Waals surface area (Å²) in [7, 11) is 1.59. The van der Waals surface area contributed by atoms with E-state index in [9.17, 15) is 4.79 Å². The first-order valence-corrected chi connectivity index (χ1v) is 8.54. The van der Waals surface area contributed by atoms with E-state index in [1.54, 1.807) is 24.2 Å². The molecule has 0 atom stereocenters. The number of ether oxygens (including phenoxy) is 1. The number of pyridine rings is 2. The largest absolute Gasteiger partial charge is 0.364 e. The van der Waals surface area contributed by atoms with Crippen LogP contribution in [0.2, 0.25) is 0 Å². The summed E-state index contributed by atoms with van der Waals surface area (Å²) < 4.78 is 6.96. The molecule has 0 aliphatic heterocycles. The highest BCUT2D eigenvalue weighted by molar-refractivity contribution is 5.95. The Morgan fingerprint density at radius 1 is 1.22 bits per heavy atom. The highest BCUT2D eigenvalue weighted by atomic mass is 16.5. The van der Waals surface area contributed by atoms with E-state index in [0.29, 0.717) is 6.42 Å². The van der Waals surface area contributed by atoms with Crippen molar-refractivity contribution in [1.29, 1.82) is 0 Å². The van der Waals surface area contributed by atoms with Crippen molar-refractivity contribution >= 4 is 12.0 Å². The monoisotopic (exact) mass is 361 g/mol. The van der Waals surface area contributed by atoms with Gasteiger partial charge in [-0.1, -0.05) is 24.3 Å². The zero-order chi connectivity index (χ0) is 18.9. The predicted molar refractivity (Wildman–Crippen MR) is 99.7 cm³/mol. The summed E-state index contributed by atoms with van der Waals surface area (Å²) in [5.41, 5.74) is 9.00. The van der Waals surface area contributed by atoms with Crippen LogP contribution in [0, 0.1) is 0 Å². The molecular weight excluding hydrogens is 342 g/mol. The average Bonchev–Trinajstić information content (AvgIpc) is 3.07. The molecule has 136 valence electrons. The second kappa shape index (κ2) is 6.77. The molecule has 0 unspecified atom stereocenters. The number of methoxy groups -OCH3 is 1. The fraction of sp³-hybridized carbons (Fsp3) is 0.200. The predicted octanol–water partition coefficient (Wildman–Crippen LogP) is 1.93. The number of carbonyl (C=O) groups is 1. The molecule has 0 saturated heterocycles. The molecule has 1 amide bonds. The van der Waals surface area contributed by atoms with Gasteiger partial charge in [0.1, 0.15) is 6.73 Å². The third-order valence-electron chi connectivity index (χ3n) is 4.92. The Labute approximate surface area is 156 Å². The highest BCUT2D eigenvalue weighted by Crippen LogP contribution is 2.41. The van der Waals surface area contributed by atoms with Crippen LogP contribution < -0.4 is 5.73 Å². The van der Waals surface area contributed by atoms with Crippen LogP contribution in [0.15, 0.2) is 55.1 Å². The lowest BCUT2D eigenvalue weighted by molar-refractivity contribution is 0.0985. The number of rotatable bonds is 5. The summed E-state index contributed by atoms with van der Waals surface area (Å²) in [6.07, 6.45) is 11.8. The average molecular weight is 361 g/mol. The van der Waals surface area contributed by atoms with E-state index in [1.165, 1.54) is 0 Å². The minimum atomic E-state index is -0.555. The minimum Gasteiger partial charge on any atom is -0.364 e. The Kier molecular flexibility index (Phi) is 4.29. The molecule has 4 rings (SSSR count). The molecular formula is C20H19N5O2. The first kappa shape index (κ1) is 17.1. The van der Waals surface area contributed by atoms with Gasteiger partial charge < -0.3 is 10.5 Å². The third-order valence-corrected chi connectivity index (χ3v) is 4.92. The molecule has 1 aliphatic rings. The van der Waals surface area contributed by atoms with Crippen molar-refractivity contribution in [3.05, 3.63) is 83.2 Å². The van der Waals surface area contributed by atoms with Gasteiger partial charge in [-0.2, -0.15) is 5.10 Å². The van der Waals surface area contributed by atoms with Crippen LogP contribution in [-0.2, 0) is 23.3 Å². The van der Waals surface area contributed by atoms with Crippen molar-refractivity contribution in [2.75, 3.05) is 7.11 Å². The van der Waals surface area contributed by atoms with E-state index in [0.717, 1.165) is 22.4 Å². The molecule has 7 heteroatoms. The van der Waals surface area contributed by atoms with Crippen molar-refractivity contribution in [3.8, 4) is 0 Å². The lowest BCUT2D eigenvalue weighted by atomic mass is 9.69. The molecule has 3 aromatic heterocycles. The summed E-state index contributed by atoms with van der Waals surface area (Å²) in [6, 6.07) is 7.92. The smallest absolute Gasteiger partial charge is 0.269 e. The van der Waals surface area contributed by atoms with Crippen LogP contribution >= 0.6 is 0 Å². The van der Waals surface area contributed by atoms with Gasteiger partial charge in [0.05, 0.1) is 5.69 Å². The normalized spacial score (nSPS) is 14.7. The lowest BCUT2D eigenvalue weighted by Crippen LogP contribution is -2.32.